The second kappa shape index (κ2) is 6.51. The Morgan fingerprint density at radius 3 is 2.81 bits per heavy atom. The van der Waals surface area contributed by atoms with E-state index in [9.17, 15) is 0 Å². The second-order valence-corrected chi connectivity index (χ2v) is 7.79. The quantitative estimate of drug-likeness (QED) is 0.889. The van der Waals surface area contributed by atoms with Gasteiger partial charge in [-0.1, -0.05) is 26.7 Å². The van der Waals surface area contributed by atoms with Gasteiger partial charge >= 0.3 is 0 Å². The first-order valence-corrected chi connectivity index (χ1v) is 8.89. The molecule has 0 bridgehead atoms. The third-order valence-electron chi connectivity index (χ3n) is 5.47. The van der Waals surface area contributed by atoms with Crippen LogP contribution in [-0.4, -0.2) is 22.6 Å². The smallest absolute Gasteiger partial charge is 0.0948 e. The van der Waals surface area contributed by atoms with Crippen molar-refractivity contribution in [1.29, 1.82) is 0 Å². The van der Waals surface area contributed by atoms with Crippen LogP contribution in [0.25, 0.3) is 0 Å². The van der Waals surface area contributed by atoms with Gasteiger partial charge < -0.3 is 9.88 Å². The summed E-state index contributed by atoms with van der Waals surface area (Å²) in [6.07, 6.45) is 13.8. The highest BCUT2D eigenvalue weighted by molar-refractivity contribution is 5.09. The van der Waals surface area contributed by atoms with E-state index in [2.05, 4.69) is 41.2 Å². The van der Waals surface area contributed by atoms with Crippen LogP contribution in [0, 0.1) is 11.3 Å². The summed E-state index contributed by atoms with van der Waals surface area (Å²) in [6, 6.07) is 0. The highest BCUT2D eigenvalue weighted by atomic mass is 15.1. The van der Waals surface area contributed by atoms with Gasteiger partial charge in [0, 0.05) is 30.9 Å². The van der Waals surface area contributed by atoms with Crippen molar-refractivity contribution in [2.24, 2.45) is 11.3 Å². The maximum atomic E-state index is 4.48. The predicted octanol–water partition coefficient (Wildman–Crippen LogP) is 3.96. The van der Waals surface area contributed by atoms with Crippen molar-refractivity contribution < 1.29 is 0 Å². The van der Waals surface area contributed by atoms with E-state index in [1.54, 1.807) is 0 Å². The van der Waals surface area contributed by atoms with Gasteiger partial charge in [0.1, 0.15) is 0 Å². The first-order valence-electron chi connectivity index (χ1n) is 8.89. The second-order valence-electron chi connectivity index (χ2n) is 7.79. The molecule has 1 aromatic heterocycles. The molecule has 1 atom stereocenters. The van der Waals surface area contributed by atoms with Crippen LogP contribution in [-0.2, 0) is 6.54 Å². The summed E-state index contributed by atoms with van der Waals surface area (Å²) in [4.78, 5) is 4.48. The number of nitrogens with zero attached hydrogens (tertiary/aromatic N) is 2. The van der Waals surface area contributed by atoms with Crippen LogP contribution < -0.4 is 5.32 Å². The Morgan fingerprint density at radius 1 is 1.33 bits per heavy atom. The maximum Gasteiger partial charge on any atom is 0.0948 e. The summed E-state index contributed by atoms with van der Waals surface area (Å²) in [5.74, 6) is 1.46. The number of imidazole rings is 1. The summed E-state index contributed by atoms with van der Waals surface area (Å²) < 4.78 is 2.49. The molecular weight excluding hydrogens is 258 g/mol. The minimum atomic E-state index is 0.533. The van der Waals surface area contributed by atoms with Crippen LogP contribution in [0.2, 0.25) is 0 Å². The lowest BCUT2D eigenvalue weighted by Crippen LogP contribution is -2.31. The molecule has 3 rings (SSSR count). The Bertz CT molecular complexity index is 437. The molecule has 1 saturated heterocycles. The van der Waals surface area contributed by atoms with E-state index in [4.69, 9.17) is 0 Å². The molecule has 1 aliphatic heterocycles. The molecule has 2 heterocycles. The number of hydrogen-bond acceptors (Lipinski definition) is 2. The summed E-state index contributed by atoms with van der Waals surface area (Å²) >= 11 is 0. The zero-order valence-electron chi connectivity index (χ0n) is 13.8. The average Bonchev–Trinajstić information content (AvgIpc) is 3.09. The van der Waals surface area contributed by atoms with E-state index in [0.29, 0.717) is 11.3 Å². The lowest BCUT2D eigenvalue weighted by molar-refractivity contribution is 0.193. The Labute approximate surface area is 129 Å². The third kappa shape index (κ3) is 3.50. The van der Waals surface area contributed by atoms with Crippen molar-refractivity contribution in [1.82, 2.24) is 14.9 Å². The molecule has 0 spiro atoms. The molecule has 1 N–H and O–H groups in total. The van der Waals surface area contributed by atoms with Gasteiger partial charge in [-0.2, -0.15) is 0 Å². The number of rotatable bonds is 5. The van der Waals surface area contributed by atoms with Crippen molar-refractivity contribution in [2.75, 3.05) is 13.1 Å². The Hall–Kier alpha value is -0.830. The monoisotopic (exact) mass is 289 g/mol. The van der Waals surface area contributed by atoms with Crippen molar-refractivity contribution in [3.05, 3.63) is 18.2 Å². The van der Waals surface area contributed by atoms with Crippen LogP contribution in [0.15, 0.2) is 12.5 Å². The summed E-state index contributed by atoms with van der Waals surface area (Å²) in [5.41, 5.74) is 2.00. The van der Waals surface area contributed by atoms with E-state index in [-0.39, 0.29) is 0 Å². The van der Waals surface area contributed by atoms with E-state index in [1.807, 2.05) is 0 Å². The number of piperidine rings is 1. The van der Waals surface area contributed by atoms with Crippen molar-refractivity contribution in [2.45, 2.75) is 71.3 Å². The van der Waals surface area contributed by atoms with Crippen LogP contribution in [0.3, 0.4) is 0 Å². The summed E-state index contributed by atoms with van der Waals surface area (Å²) in [7, 11) is 0. The zero-order valence-corrected chi connectivity index (χ0v) is 13.8. The molecular formula is C18H31N3. The van der Waals surface area contributed by atoms with Gasteiger partial charge in [0.2, 0.25) is 0 Å². The molecule has 1 aromatic rings. The minimum absolute atomic E-state index is 0.533. The number of nitrogens with one attached hydrogen (secondary N) is 1. The largest absolute Gasteiger partial charge is 0.334 e. The van der Waals surface area contributed by atoms with Crippen LogP contribution in [0.1, 0.15) is 70.4 Å². The summed E-state index contributed by atoms with van der Waals surface area (Å²) in [6.45, 7) is 8.25. The van der Waals surface area contributed by atoms with Gasteiger partial charge in [-0.15, -0.1) is 0 Å². The molecule has 3 nitrogen and oxygen atoms in total. The highest BCUT2D eigenvalue weighted by Crippen LogP contribution is 2.45. The fourth-order valence-corrected chi connectivity index (χ4v) is 4.69. The van der Waals surface area contributed by atoms with Crippen molar-refractivity contribution in [3.63, 3.8) is 0 Å². The topological polar surface area (TPSA) is 29.9 Å². The molecule has 1 unspecified atom stereocenters. The van der Waals surface area contributed by atoms with E-state index < -0.39 is 0 Å². The standard InChI is InChI=1S/C18H31N3/c1-15(2)10-18(7-3-4-8-18)13-21-14-20-12-17(21)16-6-5-9-19-11-16/h12,14-16,19H,3-11,13H2,1-2H3. The minimum Gasteiger partial charge on any atom is -0.334 e. The molecule has 1 saturated carbocycles. The van der Waals surface area contributed by atoms with Gasteiger partial charge in [0.25, 0.3) is 0 Å². The fraction of sp³-hybridized carbons (Fsp3) is 0.833. The van der Waals surface area contributed by atoms with Crippen molar-refractivity contribution >= 4 is 0 Å². The first kappa shape index (κ1) is 15.1. The van der Waals surface area contributed by atoms with Gasteiger partial charge in [-0.3, -0.25) is 0 Å². The molecule has 0 aromatic carbocycles. The van der Waals surface area contributed by atoms with Crippen LogP contribution >= 0.6 is 0 Å². The van der Waals surface area contributed by atoms with Crippen molar-refractivity contribution in [3.8, 4) is 0 Å². The third-order valence-corrected chi connectivity index (χ3v) is 5.47. The SMILES string of the molecule is CC(C)CC1(Cn2cncc2C2CCCNC2)CCCC1. The van der Waals surface area contributed by atoms with Gasteiger partial charge in [0.15, 0.2) is 0 Å². The zero-order chi connectivity index (χ0) is 14.7. The maximum absolute atomic E-state index is 4.48. The van der Waals surface area contributed by atoms with Gasteiger partial charge in [0.05, 0.1) is 6.33 Å². The first-order chi connectivity index (χ1) is 10.2. The molecule has 2 fully saturated rings. The normalized spacial score (nSPS) is 25.6. The molecule has 2 aliphatic rings. The Balaban J connectivity index is 1.75. The highest BCUT2D eigenvalue weighted by Gasteiger charge is 2.35. The molecule has 1 aliphatic carbocycles. The molecule has 3 heteroatoms. The average molecular weight is 289 g/mol. The number of aromatic nitrogens is 2. The van der Waals surface area contributed by atoms with Crippen LogP contribution in [0.5, 0.6) is 0 Å². The lowest BCUT2D eigenvalue weighted by atomic mass is 9.78. The molecule has 21 heavy (non-hydrogen) atoms. The molecule has 0 radical (unpaired) electrons. The number of hydrogen-bond donors (Lipinski definition) is 1. The molecule has 0 amide bonds. The van der Waals surface area contributed by atoms with E-state index in [0.717, 1.165) is 12.5 Å². The van der Waals surface area contributed by atoms with E-state index >= 15 is 0 Å². The van der Waals surface area contributed by atoms with Crippen LogP contribution in [0.4, 0.5) is 0 Å². The van der Waals surface area contributed by atoms with E-state index in [1.165, 1.54) is 63.7 Å². The fourth-order valence-electron chi connectivity index (χ4n) is 4.69. The predicted molar refractivity (Wildman–Crippen MR) is 87.4 cm³/mol. The lowest BCUT2D eigenvalue weighted by Gasteiger charge is -2.33. The van der Waals surface area contributed by atoms with Gasteiger partial charge in [-0.25, -0.2) is 4.98 Å². The summed E-state index contributed by atoms with van der Waals surface area (Å²) in [5, 5.41) is 3.54. The Morgan fingerprint density at radius 2 is 2.14 bits per heavy atom. The molecule has 118 valence electrons. The van der Waals surface area contributed by atoms with Gasteiger partial charge in [-0.05, 0) is 50.0 Å². The Kier molecular flexibility index (Phi) is 4.68.